The Kier molecular flexibility index (Phi) is 6.49. The zero-order valence-corrected chi connectivity index (χ0v) is 17.1. The van der Waals surface area contributed by atoms with Crippen molar-refractivity contribution in [3.63, 3.8) is 0 Å². The number of ether oxygens (including phenoxy) is 1. The van der Waals surface area contributed by atoms with E-state index in [1.54, 1.807) is 24.5 Å². The van der Waals surface area contributed by atoms with Gasteiger partial charge in [-0.15, -0.1) is 11.3 Å². The Labute approximate surface area is 168 Å². The lowest BCUT2D eigenvalue weighted by Gasteiger charge is -2.23. The van der Waals surface area contributed by atoms with Crippen molar-refractivity contribution >= 4 is 28.1 Å². The Morgan fingerprint density at radius 1 is 1.29 bits per heavy atom. The SMILES string of the molecule is COc1ccc2cc(CCC(=O)NCC(c3cccs3)N(C)C)c(=O)[nH]c2c1. The Hall–Kier alpha value is -2.64. The van der Waals surface area contributed by atoms with Gasteiger partial charge in [0.1, 0.15) is 5.75 Å². The van der Waals surface area contributed by atoms with E-state index in [-0.39, 0.29) is 23.9 Å². The van der Waals surface area contributed by atoms with E-state index in [0.717, 1.165) is 10.9 Å². The second kappa shape index (κ2) is 9.03. The summed E-state index contributed by atoms with van der Waals surface area (Å²) in [5.74, 6) is 0.633. The molecular weight excluding hydrogens is 374 g/mol. The number of benzene rings is 1. The van der Waals surface area contributed by atoms with Gasteiger partial charge in [0.05, 0.1) is 18.7 Å². The number of carbonyl (C=O) groups excluding carboxylic acids is 1. The minimum Gasteiger partial charge on any atom is -0.497 e. The third-order valence-electron chi connectivity index (χ3n) is 4.74. The van der Waals surface area contributed by atoms with Gasteiger partial charge in [0.25, 0.3) is 5.56 Å². The molecule has 0 bridgehead atoms. The molecule has 148 valence electrons. The van der Waals surface area contributed by atoms with E-state index in [9.17, 15) is 9.59 Å². The molecule has 3 aromatic rings. The molecule has 0 radical (unpaired) electrons. The molecule has 0 aliphatic carbocycles. The fourth-order valence-corrected chi connectivity index (χ4v) is 4.03. The largest absolute Gasteiger partial charge is 0.497 e. The number of hydrogen-bond acceptors (Lipinski definition) is 5. The van der Waals surface area contributed by atoms with Gasteiger partial charge >= 0.3 is 0 Å². The molecule has 3 rings (SSSR count). The molecule has 0 aliphatic rings. The van der Waals surface area contributed by atoms with E-state index in [4.69, 9.17) is 4.74 Å². The van der Waals surface area contributed by atoms with Crippen molar-refractivity contribution in [3.05, 3.63) is 62.6 Å². The quantitative estimate of drug-likeness (QED) is 0.611. The molecule has 0 saturated carbocycles. The summed E-state index contributed by atoms with van der Waals surface area (Å²) in [6.45, 7) is 0.542. The predicted octanol–water partition coefficient (Wildman–Crippen LogP) is 2.95. The summed E-state index contributed by atoms with van der Waals surface area (Å²) < 4.78 is 5.18. The van der Waals surface area contributed by atoms with Gasteiger partial charge in [-0.1, -0.05) is 6.07 Å². The second-order valence-electron chi connectivity index (χ2n) is 6.88. The van der Waals surface area contributed by atoms with Crippen LogP contribution in [0, 0.1) is 0 Å². The van der Waals surface area contributed by atoms with E-state index in [1.165, 1.54) is 4.88 Å². The molecule has 1 aromatic carbocycles. The molecule has 2 heterocycles. The number of pyridine rings is 1. The van der Waals surface area contributed by atoms with Crippen molar-refractivity contribution in [2.45, 2.75) is 18.9 Å². The van der Waals surface area contributed by atoms with Crippen LogP contribution in [-0.2, 0) is 11.2 Å². The molecule has 28 heavy (non-hydrogen) atoms. The van der Waals surface area contributed by atoms with E-state index in [2.05, 4.69) is 21.3 Å². The van der Waals surface area contributed by atoms with Crippen molar-refractivity contribution in [3.8, 4) is 5.75 Å². The first kappa shape index (κ1) is 20.1. The van der Waals surface area contributed by atoms with Crippen LogP contribution in [0.5, 0.6) is 5.75 Å². The van der Waals surface area contributed by atoms with Crippen LogP contribution >= 0.6 is 11.3 Å². The number of aromatic amines is 1. The Bertz CT molecular complexity index is 996. The highest BCUT2D eigenvalue weighted by atomic mass is 32.1. The lowest BCUT2D eigenvalue weighted by Crippen LogP contribution is -2.34. The number of likely N-dealkylation sites (N-methyl/N-ethyl adjacent to an activating group) is 1. The second-order valence-corrected chi connectivity index (χ2v) is 7.86. The molecular formula is C21H25N3O3S. The molecule has 1 unspecified atom stereocenters. The lowest BCUT2D eigenvalue weighted by molar-refractivity contribution is -0.121. The van der Waals surface area contributed by atoms with Crippen molar-refractivity contribution in [1.29, 1.82) is 0 Å². The minimum absolute atomic E-state index is 0.0577. The van der Waals surface area contributed by atoms with Crippen LogP contribution in [0.1, 0.15) is 22.9 Å². The monoisotopic (exact) mass is 399 g/mol. The van der Waals surface area contributed by atoms with Gasteiger partial charge in [0, 0.05) is 29.5 Å². The van der Waals surface area contributed by atoms with Crippen LogP contribution in [0.2, 0.25) is 0 Å². The van der Waals surface area contributed by atoms with Crippen molar-refractivity contribution in [2.75, 3.05) is 27.7 Å². The first-order valence-corrected chi connectivity index (χ1v) is 10.0. The van der Waals surface area contributed by atoms with Gasteiger partial charge in [0.15, 0.2) is 0 Å². The maximum atomic E-state index is 12.3. The van der Waals surface area contributed by atoms with Crippen LogP contribution in [-0.4, -0.2) is 43.5 Å². The normalized spacial score (nSPS) is 12.3. The van der Waals surface area contributed by atoms with Crippen LogP contribution in [0.3, 0.4) is 0 Å². The minimum atomic E-state index is -0.168. The smallest absolute Gasteiger partial charge is 0.251 e. The maximum Gasteiger partial charge on any atom is 0.251 e. The number of rotatable bonds is 8. The van der Waals surface area contributed by atoms with Gasteiger partial charge in [-0.05, 0) is 55.5 Å². The summed E-state index contributed by atoms with van der Waals surface area (Å²) in [6.07, 6.45) is 0.671. The van der Waals surface area contributed by atoms with Crippen LogP contribution in [0.4, 0.5) is 0 Å². The molecule has 1 atom stereocenters. The number of aryl methyl sites for hydroxylation is 1. The Balaban J connectivity index is 1.61. The number of thiophene rings is 1. The summed E-state index contributed by atoms with van der Waals surface area (Å²) in [4.78, 5) is 30.8. The van der Waals surface area contributed by atoms with Gasteiger partial charge in [0.2, 0.25) is 5.91 Å². The van der Waals surface area contributed by atoms with E-state index in [0.29, 0.717) is 24.3 Å². The highest BCUT2D eigenvalue weighted by Crippen LogP contribution is 2.22. The zero-order chi connectivity index (χ0) is 20.1. The topological polar surface area (TPSA) is 74.4 Å². The third kappa shape index (κ3) is 4.79. The molecule has 2 aromatic heterocycles. The van der Waals surface area contributed by atoms with Crippen LogP contribution in [0.25, 0.3) is 10.9 Å². The van der Waals surface area contributed by atoms with Gasteiger partial charge in [-0.3, -0.25) is 9.59 Å². The van der Waals surface area contributed by atoms with E-state index < -0.39 is 0 Å². The van der Waals surface area contributed by atoms with Crippen LogP contribution < -0.4 is 15.6 Å². The maximum absolute atomic E-state index is 12.3. The average Bonchev–Trinajstić information content (AvgIpc) is 3.20. The number of H-pyrrole nitrogens is 1. The number of hydrogen-bond donors (Lipinski definition) is 2. The van der Waals surface area contributed by atoms with Gasteiger partial charge in [-0.25, -0.2) is 0 Å². The number of aromatic nitrogens is 1. The number of fused-ring (bicyclic) bond motifs is 1. The molecule has 0 spiro atoms. The molecule has 1 amide bonds. The number of amides is 1. The fourth-order valence-electron chi connectivity index (χ4n) is 3.10. The average molecular weight is 400 g/mol. The van der Waals surface area contributed by atoms with Crippen molar-refractivity contribution < 1.29 is 9.53 Å². The lowest BCUT2D eigenvalue weighted by atomic mass is 10.1. The fraction of sp³-hybridized carbons (Fsp3) is 0.333. The standard InChI is InChI=1S/C21H25N3O3S/c1-24(2)18(19-5-4-10-28-19)13-22-20(25)9-7-15-11-14-6-8-16(27-3)12-17(14)23-21(15)26/h4-6,8,10-12,18H,7,9,13H2,1-3H3,(H,22,25)(H,23,26). The Morgan fingerprint density at radius 3 is 2.79 bits per heavy atom. The molecule has 6 nitrogen and oxygen atoms in total. The Morgan fingerprint density at radius 2 is 2.11 bits per heavy atom. The summed E-state index contributed by atoms with van der Waals surface area (Å²) >= 11 is 1.68. The third-order valence-corrected chi connectivity index (χ3v) is 5.71. The number of carbonyl (C=O) groups is 1. The molecule has 2 N–H and O–H groups in total. The van der Waals surface area contributed by atoms with E-state index in [1.807, 2.05) is 43.7 Å². The van der Waals surface area contributed by atoms with Gasteiger partial charge in [-0.2, -0.15) is 0 Å². The van der Waals surface area contributed by atoms with Crippen LogP contribution in [0.15, 0.2) is 46.6 Å². The number of methoxy groups -OCH3 is 1. The zero-order valence-electron chi connectivity index (χ0n) is 16.3. The first-order valence-electron chi connectivity index (χ1n) is 9.14. The highest BCUT2D eigenvalue weighted by Gasteiger charge is 2.16. The highest BCUT2D eigenvalue weighted by molar-refractivity contribution is 7.10. The summed E-state index contributed by atoms with van der Waals surface area (Å²) in [6, 6.07) is 11.6. The van der Waals surface area contributed by atoms with Crippen molar-refractivity contribution in [1.82, 2.24) is 15.2 Å². The summed E-state index contributed by atoms with van der Waals surface area (Å²) in [5, 5.41) is 5.95. The molecule has 0 saturated heterocycles. The first-order chi connectivity index (χ1) is 13.5. The van der Waals surface area contributed by atoms with Gasteiger partial charge < -0.3 is 19.9 Å². The summed E-state index contributed by atoms with van der Waals surface area (Å²) in [5.41, 5.74) is 1.16. The van der Waals surface area contributed by atoms with Crippen molar-refractivity contribution in [2.24, 2.45) is 0 Å². The summed E-state index contributed by atoms with van der Waals surface area (Å²) in [7, 11) is 5.59. The predicted molar refractivity (Wildman–Crippen MR) is 113 cm³/mol. The molecule has 0 fully saturated rings. The number of nitrogens with zero attached hydrogens (tertiary/aromatic N) is 1. The number of nitrogens with one attached hydrogen (secondary N) is 2. The molecule has 0 aliphatic heterocycles. The van der Waals surface area contributed by atoms with E-state index >= 15 is 0 Å². The molecule has 7 heteroatoms.